The molecule has 150 valence electrons. The number of allylic oxidation sites excluding steroid dienone is 4. The Kier molecular flexibility index (Phi) is 7.14. The van der Waals surface area contributed by atoms with E-state index < -0.39 is 23.1 Å². The van der Waals surface area contributed by atoms with Crippen molar-refractivity contribution in [2.45, 2.75) is 0 Å². The van der Waals surface area contributed by atoms with Crippen LogP contribution in [0.4, 0.5) is 0 Å². The van der Waals surface area contributed by atoms with E-state index >= 15 is 0 Å². The van der Waals surface area contributed by atoms with E-state index in [0.717, 1.165) is 24.3 Å². The van der Waals surface area contributed by atoms with Gasteiger partial charge in [-0.3, -0.25) is 29.0 Å². The third kappa shape index (κ3) is 4.39. The van der Waals surface area contributed by atoms with Crippen molar-refractivity contribution in [3.05, 3.63) is 109 Å². The van der Waals surface area contributed by atoms with Gasteiger partial charge in [-0.2, -0.15) is 0 Å². The van der Waals surface area contributed by atoms with Gasteiger partial charge >= 0.3 is 0 Å². The van der Waals surface area contributed by atoms with Crippen molar-refractivity contribution in [2.24, 2.45) is 0 Å². The molecule has 0 radical (unpaired) electrons. The molecule has 0 heterocycles. The summed E-state index contributed by atoms with van der Waals surface area (Å²) in [6, 6.07) is 8.66. The molecule has 0 spiro atoms. The van der Waals surface area contributed by atoms with Gasteiger partial charge in [0, 0.05) is 11.1 Å². The predicted molar refractivity (Wildman–Crippen MR) is 112 cm³/mol. The lowest BCUT2D eigenvalue weighted by molar-refractivity contribution is -0.101. The van der Waals surface area contributed by atoms with Crippen LogP contribution in [0.25, 0.3) is 0 Å². The van der Waals surface area contributed by atoms with Crippen molar-refractivity contribution in [1.82, 2.24) is 0 Å². The summed E-state index contributed by atoms with van der Waals surface area (Å²) in [6.45, 7) is 13.7. The topological polar surface area (TPSA) is 86.7 Å². The molecule has 6 nitrogen and oxygen atoms in total. The summed E-state index contributed by atoms with van der Waals surface area (Å²) in [6.07, 6.45) is 4.17. The van der Waals surface area contributed by atoms with E-state index in [4.69, 9.17) is 9.78 Å². The SMILES string of the molecule is C=CC(=O)c1cccc(OOc2cccc(C(=O)C=C)c2C(=O)C=C)c1C(=O)C=C. The van der Waals surface area contributed by atoms with Crippen LogP contribution in [0.1, 0.15) is 41.4 Å². The van der Waals surface area contributed by atoms with E-state index in [0.29, 0.717) is 0 Å². The van der Waals surface area contributed by atoms with E-state index in [1.54, 1.807) is 0 Å². The molecular formula is C24H18O6. The van der Waals surface area contributed by atoms with Crippen molar-refractivity contribution < 1.29 is 29.0 Å². The summed E-state index contributed by atoms with van der Waals surface area (Å²) < 4.78 is 0. The van der Waals surface area contributed by atoms with Gasteiger partial charge < -0.3 is 0 Å². The van der Waals surface area contributed by atoms with E-state index in [-0.39, 0.29) is 33.8 Å². The molecule has 0 aliphatic carbocycles. The van der Waals surface area contributed by atoms with Crippen LogP contribution in [0.5, 0.6) is 11.5 Å². The fraction of sp³-hybridized carbons (Fsp3) is 0. The van der Waals surface area contributed by atoms with Crippen LogP contribution in [0.2, 0.25) is 0 Å². The molecule has 0 aliphatic rings. The van der Waals surface area contributed by atoms with Crippen molar-refractivity contribution in [3.8, 4) is 11.5 Å². The van der Waals surface area contributed by atoms with Crippen LogP contribution in [-0.4, -0.2) is 23.1 Å². The minimum atomic E-state index is -0.572. The first kappa shape index (κ1) is 22.0. The van der Waals surface area contributed by atoms with E-state index in [2.05, 4.69) is 26.3 Å². The largest absolute Gasteiger partial charge is 0.289 e. The minimum absolute atomic E-state index is 0.0500. The number of ketones is 4. The fourth-order valence-corrected chi connectivity index (χ4v) is 2.63. The summed E-state index contributed by atoms with van der Waals surface area (Å²) in [4.78, 5) is 59.5. The molecule has 2 aromatic carbocycles. The van der Waals surface area contributed by atoms with Gasteiger partial charge in [-0.1, -0.05) is 50.6 Å². The number of benzene rings is 2. The smallest absolute Gasteiger partial charge is 0.190 e. The van der Waals surface area contributed by atoms with Gasteiger partial charge in [-0.25, -0.2) is 0 Å². The van der Waals surface area contributed by atoms with Crippen molar-refractivity contribution >= 4 is 23.1 Å². The van der Waals surface area contributed by atoms with Gasteiger partial charge in [0.1, 0.15) is 0 Å². The van der Waals surface area contributed by atoms with Crippen molar-refractivity contribution in [2.75, 3.05) is 0 Å². The number of carbonyl (C=O) groups excluding carboxylic acids is 4. The van der Waals surface area contributed by atoms with E-state index in [1.807, 2.05) is 0 Å². The van der Waals surface area contributed by atoms with Crippen LogP contribution in [0.3, 0.4) is 0 Å². The van der Waals surface area contributed by atoms with Crippen LogP contribution in [0, 0.1) is 0 Å². The first-order chi connectivity index (χ1) is 14.4. The Hall–Kier alpha value is -4.32. The summed E-state index contributed by atoms with van der Waals surface area (Å²) in [5, 5.41) is 0. The van der Waals surface area contributed by atoms with E-state index in [1.165, 1.54) is 36.4 Å². The first-order valence-electron chi connectivity index (χ1n) is 8.67. The quantitative estimate of drug-likeness (QED) is 0.237. The molecule has 0 aliphatic heterocycles. The maximum atomic E-state index is 12.3. The minimum Gasteiger partial charge on any atom is -0.289 e. The molecule has 0 saturated carbocycles. The molecule has 2 rings (SSSR count). The highest BCUT2D eigenvalue weighted by Crippen LogP contribution is 2.28. The summed E-state index contributed by atoms with van der Waals surface area (Å²) in [5.41, 5.74) is -0.0532. The summed E-state index contributed by atoms with van der Waals surface area (Å²) in [7, 11) is 0. The Bertz CT molecular complexity index is 1000. The standard InChI is InChI=1S/C24H18O6/c1-5-17(25)15-11-9-13-21(23(15)19(27)7-3)29-30-22-14-10-12-16(18(26)6-2)24(22)20(28)8-4/h5-14H,1-4H2. The molecule has 0 aromatic heterocycles. The average Bonchev–Trinajstić information content (AvgIpc) is 2.79. The van der Waals surface area contributed by atoms with Gasteiger partial charge in [0.2, 0.25) is 0 Å². The monoisotopic (exact) mass is 402 g/mol. The second-order valence-corrected chi connectivity index (χ2v) is 5.80. The summed E-state index contributed by atoms with van der Waals surface area (Å²) >= 11 is 0. The highest BCUT2D eigenvalue weighted by Gasteiger charge is 2.23. The molecule has 30 heavy (non-hydrogen) atoms. The zero-order valence-electron chi connectivity index (χ0n) is 16.1. The maximum absolute atomic E-state index is 12.3. The summed E-state index contributed by atoms with van der Waals surface area (Å²) in [5.74, 6) is -2.29. The Balaban J connectivity index is 2.54. The van der Waals surface area contributed by atoms with Crippen molar-refractivity contribution in [1.29, 1.82) is 0 Å². The van der Waals surface area contributed by atoms with Crippen LogP contribution in [0.15, 0.2) is 87.0 Å². The Morgan fingerprint density at radius 2 is 0.900 bits per heavy atom. The third-order valence-corrected chi connectivity index (χ3v) is 4.04. The normalized spacial score (nSPS) is 9.73. The molecule has 6 heteroatoms. The number of rotatable bonds is 11. The molecule has 0 atom stereocenters. The maximum Gasteiger partial charge on any atom is 0.190 e. The van der Waals surface area contributed by atoms with Crippen LogP contribution >= 0.6 is 0 Å². The molecule has 0 fully saturated rings. The highest BCUT2D eigenvalue weighted by atomic mass is 17.2. The number of hydrogen-bond donors (Lipinski definition) is 0. The lowest BCUT2D eigenvalue weighted by Gasteiger charge is -2.14. The molecule has 2 aromatic rings. The third-order valence-electron chi connectivity index (χ3n) is 4.04. The zero-order valence-corrected chi connectivity index (χ0v) is 16.1. The average molecular weight is 402 g/mol. The molecule has 0 bridgehead atoms. The van der Waals surface area contributed by atoms with Crippen LogP contribution < -0.4 is 9.78 Å². The van der Waals surface area contributed by atoms with Crippen LogP contribution in [-0.2, 0) is 0 Å². The molecular weight excluding hydrogens is 384 g/mol. The Morgan fingerprint density at radius 1 is 0.567 bits per heavy atom. The predicted octanol–water partition coefficient (Wildman–Crippen LogP) is 4.53. The second-order valence-electron chi connectivity index (χ2n) is 5.80. The Morgan fingerprint density at radius 3 is 1.20 bits per heavy atom. The van der Waals surface area contributed by atoms with Gasteiger partial charge in [0.05, 0.1) is 11.1 Å². The molecule has 0 unspecified atom stereocenters. The van der Waals surface area contributed by atoms with Crippen molar-refractivity contribution in [3.63, 3.8) is 0 Å². The van der Waals surface area contributed by atoms with E-state index in [9.17, 15) is 19.2 Å². The van der Waals surface area contributed by atoms with Gasteiger partial charge in [-0.15, -0.1) is 0 Å². The molecule has 0 saturated heterocycles. The lowest BCUT2D eigenvalue weighted by Crippen LogP contribution is -2.13. The lowest BCUT2D eigenvalue weighted by atomic mass is 9.99. The number of carbonyl (C=O) groups is 4. The van der Waals surface area contributed by atoms with Gasteiger partial charge in [0.25, 0.3) is 0 Å². The van der Waals surface area contributed by atoms with Gasteiger partial charge in [-0.05, 0) is 36.4 Å². The molecule has 0 amide bonds. The first-order valence-corrected chi connectivity index (χ1v) is 8.67. The highest BCUT2D eigenvalue weighted by molar-refractivity contribution is 6.18. The number of hydrogen-bond acceptors (Lipinski definition) is 6. The molecule has 0 N–H and O–H groups in total. The zero-order chi connectivity index (χ0) is 22.3. The van der Waals surface area contributed by atoms with Gasteiger partial charge in [0.15, 0.2) is 34.6 Å². The fourth-order valence-electron chi connectivity index (χ4n) is 2.63. The Labute approximate surface area is 173 Å². The second kappa shape index (κ2) is 9.75.